The first-order valence-electron chi connectivity index (χ1n) is 12.8. The van der Waals surface area contributed by atoms with E-state index in [9.17, 15) is 9.59 Å². The monoisotopic (exact) mass is 478 g/mol. The molecule has 0 N–H and O–H groups in total. The summed E-state index contributed by atoms with van der Waals surface area (Å²) in [5.74, 6) is -0.959. The van der Waals surface area contributed by atoms with Crippen LogP contribution in [0.1, 0.15) is 50.7 Å². The largest absolute Gasteiger partial charge is 0.463 e. The zero-order valence-corrected chi connectivity index (χ0v) is 20.5. The second-order valence-corrected chi connectivity index (χ2v) is 9.96. The van der Waals surface area contributed by atoms with Crippen LogP contribution >= 0.6 is 0 Å². The zero-order valence-electron chi connectivity index (χ0n) is 20.5. The maximum absolute atomic E-state index is 13.2. The molecule has 35 heavy (non-hydrogen) atoms. The summed E-state index contributed by atoms with van der Waals surface area (Å²) in [6.07, 6.45) is 2.56. The van der Waals surface area contributed by atoms with Crippen LogP contribution in [0.15, 0.2) is 48.5 Å². The van der Waals surface area contributed by atoms with E-state index in [1.54, 1.807) is 0 Å². The molecule has 0 bridgehead atoms. The highest BCUT2D eigenvalue weighted by Crippen LogP contribution is 2.55. The van der Waals surface area contributed by atoms with Crippen LogP contribution in [-0.4, -0.2) is 50.6 Å². The van der Waals surface area contributed by atoms with E-state index in [-0.39, 0.29) is 36.0 Å². The van der Waals surface area contributed by atoms with Gasteiger partial charge in [0.1, 0.15) is 25.4 Å². The molecule has 4 unspecified atom stereocenters. The number of ether oxygens (including phenoxy) is 4. The fourth-order valence-corrected chi connectivity index (χ4v) is 5.48. The molecule has 2 saturated heterocycles. The van der Waals surface area contributed by atoms with Crippen molar-refractivity contribution in [2.24, 2.45) is 11.8 Å². The Morgan fingerprint density at radius 2 is 1.20 bits per heavy atom. The molecule has 0 radical (unpaired) electrons. The summed E-state index contributed by atoms with van der Waals surface area (Å²) in [6, 6.07) is 16.8. The molecule has 3 aliphatic rings. The predicted octanol–water partition coefficient (Wildman–Crippen LogP) is 4.67. The van der Waals surface area contributed by atoms with Crippen molar-refractivity contribution in [2.75, 3.05) is 26.4 Å². The van der Waals surface area contributed by atoms with E-state index in [4.69, 9.17) is 18.9 Å². The summed E-state index contributed by atoms with van der Waals surface area (Å²) < 4.78 is 21.7. The number of epoxide rings is 2. The minimum Gasteiger partial charge on any atom is -0.463 e. The first kappa shape index (κ1) is 24.0. The third-order valence-electron chi connectivity index (χ3n) is 7.65. The van der Waals surface area contributed by atoms with Crippen LogP contribution in [0.3, 0.4) is 0 Å². The van der Waals surface area contributed by atoms with Crippen molar-refractivity contribution in [1.82, 2.24) is 0 Å². The molecular weight excluding hydrogens is 444 g/mol. The smallest absolute Gasteiger partial charge is 0.309 e. The van der Waals surface area contributed by atoms with Crippen LogP contribution in [0.5, 0.6) is 0 Å². The van der Waals surface area contributed by atoms with Crippen molar-refractivity contribution in [1.29, 1.82) is 0 Å². The maximum Gasteiger partial charge on any atom is 0.309 e. The molecule has 2 aromatic carbocycles. The quantitative estimate of drug-likeness (QED) is 0.326. The van der Waals surface area contributed by atoms with E-state index in [2.05, 4.69) is 24.3 Å². The third kappa shape index (κ3) is 5.00. The van der Waals surface area contributed by atoms with Gasteiger partial charge in [-0.05, 0) is 47.9 Å². The van der Waals surface area contributed by atoms with Crippen molar-refractivity contribution in [3.05, 3.63) is 59.7 Å². The maximum atomic E-state index is 13.2. The Balaban J connectivity index is 1.50. The molecule has 6 nitrogen and oxygen atoms in total. The predicted molar refractivity (Wildman–Crippen MR) is 131 cm³/mol. The Kier molecular flexibility index (Phi) is 6.94. The van der Waals surface area contributed by atoms with E-state index < -0.39 is 5.41 Å². The standard InChI is InChI=1S/C29H34O6/c1-3-19(27(30)34-17-21-15-32-21)13-29(14-20(4-2)28(31)35-18-22-16-33-22)25-11-7-5-9-23(25)24-10-6-8-12-26(24)29/h5-12,19-22H,3-4,13-18H2,1-2H3. The molecule has 0 aromatic heterocycles. The highest BCUT2D eigenvalue weighted by atomic mass is 16.6. The number of fused-ring (bicyclic) bond motifs is 3. The average Bonchev–Trinajstić information content (AvgIpc) is 3.82. The number of carbonyl (C=O) groups excluding carboxylic acids is 2. The molecule has 186 valence electrons. The highest BCUT2D eigenvalue weighted by Gasteiger charge is 2.47. The average molecular weight is 479 g/mol. The summed E-state index contributed by atoms with van der Waals surface area (Å²) in [5, 5.41) is 0. The molecule has 2 aliphatic heterocycles. The molecule has 2 fully saturated rings. The third-order valence-corrected chi connectivity index (χ3v) is 7.65. The molecule has 2 aromatic rings. The Bertz CT molecular complexity index is 985. The molecule has 5 rings (SSSR count). The van der Waals surface area contributed by atoms with Gasteiger partial charge in [-0.25, -0.2) is 0 Å². The minimum absolute atomic E-state index is 0.0352. The van der Waals surface area contributed by atoms with Gasteiger partial charge >= 0.3 is 11.9 Å². The lowest BCUT2D eigenvalue weighted by Crippen LogP contribution is -2.36. The van der Waals surface area contributed by atoms with Crippen molar-refractivity contribution in [3.63, 3.8) is 0 Å². The number of hydrogen-bond acceptors (Lipinski definition) is 6. The Morgan fingerprint density at radius 3 is 1.57 bits per heavy atom. The van der Waals surface area contributed by atoms with Crippen LogP contribution in [0, 0.1) is 11.8 Å². The van der Waals surface area contributed by atoms with Gasteiger partial charge in [0.05, 0.1) is 25.0 Å². The summed E-state index contributed by atoms with van der Waals surface area (Å²) in [7, 11) is 0. The first-order chi connectivity index (χ1) is 17.1. The minimum atomic E-state index is -0.487. The summed E-state index contributed by atoms with van der Waals surface area (Å²) in [4.78, 5) is 26.3. The molecule has 0 spiro atoms. The number of carbonyl (C=O) groups is 2. The van der Waals surface area contributed by atoms with Gasteiger partial charge in [-0.2, -0.15) is 0 Å². The van der Waals surface area contributed by atoms with E-state index >= 15 is 0 Å². The lowest BCUT2D eigenvalue weighted by molar-refractivity contribution is -0.150. The topological polar surface area (TPSA) is 77.7 Å². The first-order valence-corrected chi connectivity index (χ1v) is 12.8. The van der Waals surface area contributed by atoms with Crippen molar-refractivity contribution in [2.45, 2.75) is 57.2 Å². The van der Waals surface area contributed by atoms with Gasteiger partial charge in [-0.3, -0.25) is 9.59 Å². The van der Waals surface area contributed by atoms with Crippen LogP contribution in [0.4, 0.5) is 0 Å². The number of hydrogen-bond donors (Lipinski definition) is 0. The van der Waals surface area contributed by atoms with Crippen molar-refractivity contribution in [3.8, 4) is 11.1 Å². The Labute approximate surface area is 206 Å². The number of benzene rings is 2. The fourth-order valence-electron chi connectivity index (χ4n) is 5.48. The van der Waals surface area contributed by atoms with Crippen LogP contribution in [0.25, 0.3) is 11.1 Å². The summed E-state index contributed by atoms with van der Waals surface area (Å²) in [5.41, 5.74) is 4.21. The Morgan fingerprint density at radius 1 is 0.800 bits per heavy atom. The summed E-state index contributed by atoms with van der Waals surface area (Å²) >= 11 is 0. The molecule has 0 saturated carbocycles. The Hall–Kier alpha value is -2.70. The second kappa shape index (κ2) is 10.1. The van der Waals surface area contributed by atoms with E-state index in [1.807, 2.05) is 38.1 Å². The van der Waals surface area contributed by atoms with Crippen LogP contribution in [0.2, 0.25) is 0 Å². The molecule has 4 atom stereocenters. The van der Waals surface area contributed by atoms with Gasteiger partial charge in [0, 0.05) is 5.41 Å². The van der Waals surface area contributed by atoms with Crippen molar-refractivity contribution < 1.29 is 28.5 Å². The normalized spacial score (nSPS) is 22.5. The number of rotatable bonds is 12. The molecule has 1 aliphatic carbocycles. The van der Waals surface area contributed by atoms with Crippen LogP contribution in [-0.2, 0) is 34.0 Å². The van der Waals surface area contributed by atoms with E-state index in [0.29, 0.717) is 52.1 Å². The van der Waals surface area contributed by atoms with Gasteiger partial charge in [0.15, 0.2) is 0 Å². The molecule has 0 amide bonds. The lowest BCUT2D eigenvalue weighted by atomic mass is 9.66. The molecular formula is C29H34O6. The van der Waals surface area contributed by atoms with Gasteiger partial charge in [-0.1, -0.05) is 62.4 Å². The van der Waals surface area contributed by atoms with Gasteiger partial charge in [0.2, 0.25) is 0 Å². The second-order valence-electron chi connectivity index (χ2n) is 9.96. The van der Waals surface area contributed by atoms with E-state index in [0.717, 1.165) is 0 Å². The van der Waals surface area contributed by atoms with Crippen molar-refractivity contribution >= 4 is 11.9 Å². The van der Waals surface area contributed by atoms with E-state index in [1.165, 1.54) is 22.3 Å². The van der Waals surface area contributed by atoms with Gasteiger partial charge in [0.25, 0.3) is 0 Å². The summed E-state index contributed by atoms with van der Waals surface area (Å²) in [6.45, 7) is 5.98. The molecule has 2 heterocycles. The van der Waals surface area contributed by atoms with Gasteiger partial charge < -0.3 is 18.9 Å². The van der Waals surface area contributed by atoms with Crippen LogP contribution < -0.4 is 0 Å². The zero-order chi connectivity index (χ0) is 24.4. The molecule has 6 heteroatoms. The SMILES string of the molecule is CCC(CC1(CC(CC)C(=O)OCC2CO2)c2ccccc2-c2ccccc21)C(=O)OCC1CO1. The number of esters is 2. The fraction of sp³-hybridized carbons (Fsp3) is 0.517. The van der Waals surface area contributed by atoms with Gasteiger partial charge in [-0.15, -0.1) is 0 Å². The highest BCUT2D eigenvalue weighted by molar-refractivity contribution is 5.83. The lowest BCUT2D eigenvalue weighted by Gasteiger charge is -2.37.